The number of benzene rings is 1. The second kappa shape index (κ2) is 4.39. The van der Waals surface area contributed by atoms with Crippen molar-refractivity contribution >= 4 is 5.97 Å². The number of ether oxygens (including phenoxy) is 1. The number of carbonyl (C=O) groups is 1. The van der Waals surface area contributed by atoms with E-state index in [2.05, 4.69) is 0 Å². The molecule has 18 heavy (non-hydrogen) atoms. The zero-order valence-electron chi connectivity index (χ0n) is 10.3. The van der Waals surface area contributed by atoms with E-state index in [1.54, 1.807) is 0 Å². The van der Waals surface area contributed by atoms with Crippen LogP contribution in [0.4, 0.5) is 0 Å². The third-order valence-electron chi connectivity index (χ3n) is 4.52. The van der Waals surface area contributed by atoms with Crippen LogP contribution in [-0.4, -0.2) is 17.7 Å². The van der Waals surface area contributed by atoms with E-state index in [4.69, 9.17) is 4.74 Å². The first-order valence-corrected chi connectivity index (χ1v) is 6.55. The SMILES string of the molecule is O=C(OCc1ccccc1)C1CC2CC1(CO)C2. The Morgan fingerprint density at radius 1 is 1.33 bits per heavy atom. The Morgan fingerprint density at radius 2 is 2.06 bits per heavy atom. The molecule has 1 N–H and O–H groups in total. The summed E-state index contributed by atoms with van der Waals surface area (Å²) in [5, 5.41) is 9.46. The number of hydrogen-bond donors (Lipinski definition) is 1. The van der Waals surface area contributed by atoms with E-state index in [0.717, 1.165) is 24.8 Å². The Bertz CT molecular complexity index is 434. The van der Waals surface area contributed by atoms with Crippen molar-refractivity contribution in [2.24, 2.45) is 17.3 Å². The zero-order valence-corrected chi connectivity index (χ0v) is 10.3. The largest absolute Gasteiger partial charge is 0.461 e. The van der Waals surface area contributed by atoms with Gasteiger partial charge in [-0.1, -0.05) is 30.3 Å². The first-order valence-electron chi connectivity index (χ1n) is 6.55. The molecule has 0 heterocycles. The fourth-order valence-corrected chi connectivity index (χ4v) is 3.54. The van der Waals surface area contributed by atoms with E-state index in [0.29, 0.717) is 12.5 Å². The summed E-state index contributed by atoms with van der Waals surface area (Å²) < 4.78 is 5.39. The van der Waals surface area contributed by atoms with Gasteiger partial charge in [0.15, 0.2) is 0 Å². The number of carbonyl (C=O) groups excluding carboxylic acids is 1. The minimum Gasteiger partial charge on any atom is -0.461 e. The van der Waals surface area contributed by atoms with E-state index < -0.39 is 0 Å². The standard InChI is InChI=1S/C15H18O3/c16-10-15-7-12(8-15)6-13(15)14(17)18-9-11-4-2-1-3-5-11/h1-5,12-13,16H,6-10H2. The van der Waals surface area contributed by atoms with Gasteiger partial charge in [0.2, 0.25) is 0 Å². The van der Waals surface area contributed by atoms with Crippen molar-refractivity contribution in [2.45, 2.75) is 25.9 Å². The highest BCUT2D eigenvalue weighted by Crippen LogP contribution is 2.62. The lowest BCUT2D eigenvalue weighted by molar-refractivity contribution is -0.155. The van der Waals surface area contributed by atoms with Crippen molar-refractivity contribution in [3.8, 4) is 0 Å². The van der Waals surface area contributed by atoms with Crippen LogP contribution in [0.1, 0.15) is 24.8 Å². The molecule has 1 atom stereocenters. The van der Waals surface area contributed by atoms with Crippen LogP contribution >= 0.6 is 0 Å². The molecule has 3 saturated carbocycles. The van der Waals surface area contributed by atoms with Crippen LogP contribution in [-0.2, 0) is 16.1 Å². The molecule has 4 rings (SSSR count). The van der Waals surface area contributed by atoms with Gasteiger partial charge in [-0.3, -0.25) is 4.79 Å². The Morgan fingerprint density at radius 3 is 2.72 bits per heavy atom. The van der Waals surface area contributed by atoms with E-state index >= 15 is 0 Å². The van der Waals surface area contributed by atoms with E-state index in [1.807, 2.05) is 30.3 Å². The van der Waals surface area contributed by atoms with Crippen LogP contribution in [0.3, 0.4) is 0 Å². The van der Waals surface area contributed by atoms with Gasteiger partial charge in [0.25, 0.3) is 0 Å². The van der Waals surface area contributed by atoms with Crippen molar-refractivity contribution in [3.63, 3.8) is 0 Å². The molecule has 0 spiro atoms. The summed E-state index contributed by atoms with van der Waals surface area (Å²) in [7, 11) is 0. The third-order valence-corrected chi connectivity index (χ3v) is 4.52. The Labute approximate surface area is 107 Å². The molecule has 2 bridgehead atoms. The average Bonchev–Trinajstić information content (AvgIpc) is 2.92. The average molecular weight is 246 g/mol. The molecule has 3 heteroatoms. The predicted octanol–water partition coefficient (Wildman–Crippen LogP) is 2.14. The molecule has 0 amide bonds. The molecule has 3 fully saturated rings. The second-order valence-electron chi connectivity index (χ2n) is 5.68. The minimum atomic E-state index is -0.154. The molecular formula is C15H18O3. The van der Waals surface area contributed by atoms with Crippen molar-refractivity contribution in [1.29, 1.82) is 0 Å². The summed E-state index contributed by atoms with van der Waals surface area (Å²) in [5.41, 5.74) is 0.854. The van der Waals surface area contributed by atoms with E-state index in [9.17, 15) is 9.90 Å². The van der Waals surface area contributed by atoms with Gasteiger partial charge in [-0.15, -0.1) is 0 Å². The molecule has 3 aliphatic carbocycles. The van der Waals surface area contributed by atoms with Crippen molar-refractivity contribution < 1.29 is 14.6 Å². The molecule has 3 nitrogen and oxygen atoms in total. The summed E-state index contributed by atoms with van der Waals surface area (Å²) in [6, 6.07) is 9.71. The zero-order chi connectivity index (χ0) is 12.6. The predicted molar refractivity (Wildman–Crippen MR) is 66.6 cm³/mol. The molecule has 0 saturated heterocycles. The van der Waals surface area contributed by atoms with E-state index in [1.165, 1.54) is 0 Å². The van der Waals surface area contributed by atoms with Gasteiger partial charge in [0, 0.05) is 12.0 Å². The summed E-state index contributed by atoms with van der Waals surface area (Å²) in [4.78, 5) is 12.1. The summed E-state index contributed by atoms with van der Waals surface area (Å²) in [5.74, 6) is 0.413. The number of rotatable bonds is 4. The summed E-state index contributed by atoms with van der Waals surface area (Å²) in [6.07, 6.45) is 2.89. The maximum atomic E-state index is 12.1. The number of aliphatic hydroxyl groups excluding tert-OH is 1. The smallest absolute Gasteiger partial charge is 0.309 e. The summed E-state index contributed by atoms with van der Waals surface area (Å²) in [6.45, 7) is 0.455. The van der Waals surface area contributed by atoms with Gasteiger partial charge in [-0.05, 0) is 30.7 Å². The van der Waals surface area contributed by atoms with Gasteiger partial charge < -0.3 is 9.84 Å². The molecule has 1 aromatic rings. The summed E-state index contributed by atoms with van der Waals surface area (Å²) >= 11 is 0. The molecule has 1 unspecified atom stereocenters. The molecule has 0 aromatic heterocycles. The van der Waals surface area contributed by atoms with Crippen LogP contribution in [0.5, 0.6) is 0 Å². The number of esters is 1. The first kappa shape index (κ1) is 11.7. The maximum absolute atomic E-state index is 12.1. The first-order chi connectivity index (χ1) is 8.73. The molecule has 1 aromatic carbocycles. The molecule has 0 aliphatic heterocycles. The van der Waals surface area contributed by atoms with Crippen LogP contribution in [0.15, 0.2) is 30.3 Å². The van der Waals surface area contributed by atoms with Crippen LogP contribution in [0.2, 0.25) is 0 Å². The van der Waals surface area contributed by atoms with Gasteiger partial charge in [-0.25, -0.2) is 0 Å². The van der Waals surface area contributed by atoms with Gasteiger partial charge >= 0.3 is 5.97 Å². The fourth-order valence-electron chi connectivity index (χ4n) is 3.54. The Kier molecular flexibility index (Phi) is 2.86. The number of hydrogen-bond acceptors (Lipinski definition) is 3. The lowest BCUT2D eigenvalue weighted by Crippen LogP contribution is -2.39. The van der Waals surface area contributed by atoms with Gasteiger partial charge in [-0.2, -0.15) is 0 Å². The maximum Gasteiger partial charge on any atom is 0.309 e. The quantitative estimate of drug-likeness (QED) is 0.828. The lowest BCUT2D eigenvalue weighted by atomic mass is 9.67. The van der Waals surface area contributed by atoms with Crippen molar-refractivity contribution in [1.82, 2.24) is 0 Å². The second-order valence-corrected chi connectivity index (χ2v) is 5.68. The van der Waals surface area contributed by atoms with Gasteiger partial charge in [0.1, 0.15) is 6.61 Å². The Balaban J connectivity index is 1.59. The molecule has 0 radical (unpaired) electrons. The van der Waals surface area contributed by atoms with Crippen LogP contribution in [0, 0.1) is 17.3 Å². The van der Waals surface area contributed by atoms with Crippen molar-refractivity contribution in [2.75, 3.05) is 6.61 Å². The van der Waals surface area contributed by atoms with Crippen LogP contribution < -0.4 is 0 Å². The normalized spacial score (nSPS) is 32.9. The minimum absolute atomic E-state index is 0.0868. The monoisotopic (exact) mass is 246 g/mol. The highest BCUT2D eigenvalue weighted by molar-refractivity contribution is 5.74. The Hall–Kier alpha value is -1.35. The topological polar surface area (TPSA) is 46.5 Å². The van der Waals surface area contributed by atoms with Crippen LogP contribution in [0.25, 0.3) is 0 Å². The highest BCUT2D eigenvalue weighted by atomic mass is 16.5. The molecular weight excluding hydrogens is 228 g/mol. The molecule has 3 aliphatic rings. The number of fused-ring (bicyclic) bond motifs is 1. The van der Waals surface area contributed by atoms with Crippen molar-refractivity contribution in [3.05, 3.63) is 35.9 Å². The van der Waals surface area contributed by atoms with Gasteiger partial charge in [0.05, 0.1) is 5.92 Å². The fraction of sp³-hybridized carbons (Fsp3) is 0.533. The highest BCUT2D eigenvalue weighted by Gasteiger charge is 2.59. The van der Waals surface area contributed by atoms with E-state index in [-0.39, 0.29) is 23.9 Å². The third kappa shape index (κ3) is 1.83. The lowest BCUT2D eigenvalue weighted by Gasteiger charge is -2.38. The molecule has 96 valence electrons. The number of aliphatic hydroxyl groups is 1.